The molecule has 5 heteroatoms. The maximum atomic E-state index is 12.3. The molecule has 2 rings (SSSR count). The van der Waals surface area contributed by atoms with Crippen LogP contribution in [0, 0.1) is 0 Å². The van der Waals surface area contributed by atoms with Crippen molar-refractivity contribution in [1.82, 2.24) is 0 Å². The summed E-state index contributed by atoms with van der Waals surface area (Å²) >= 11 is 11.9. The molecule has 1 unspecified atom stereocenters. The van der Waals surface area contributed by atoms with Gasteiger partial charge in [-0.1, -0.05) is 53.5 Å². The molecule has 0 radical (unpaired) electrons. The summed E-state index contributed by atoms with van der Waals surface area (Å²) in [4.78, 5) is 12.3. The molecule has 0 saturated heterocycles. The highest BCUT2D eigenvalue weighted by molar-refractivity contribution is 6.35. The van der Waals surface area contributed by atoms with Gasteiger partial charge < -0.3 is 10.1 Å². The number of nitrogens with one attached hydrogen (secondary N) is 1. The van der Waals surface area contributed by atoms with Gasteiger partial charge >= 0.3 is 0 Å². The van der Waals surface area contributed by atoms with Gasteiger partial charge in [0.1, 0.15) is 0 Å². The Morgan fingerprint density at radius 3 is 2.50 bits per heavy atom. The van der Waals surface area contributed by atoms with E-state index in [4.69, 9.17) is 27.9 Å². The lowest BCUT2D eigenvalue weighted by Crippen LogP contribution is -2.22. The summed E-state index contributed by atoms with van der Waals surface area (Å²) in [7, 11) is 1.48. The lowest BCUT2D eigenvalue weighted by atomic mass is 10.1. The molecule has 0 heterocycles. The lowest BCUT2D eigenvalue weighted by molar-refractivity contribution is -0.126. The van der Waals surface area contributed by atoms with Crippen molar-refractivity contribution in [1.29, 1.82) is 0 Å². The minimum atomic E-state index is -0.703. The Hall–Kier alpha value is -1.55. The number of anilines is 1. The summed E-state index contributed by atoms with van der Waals surface area (Å²) in [5.41, 5.74) is 1.23. The van der Waals surface area contributed by atoms with Crippen LogP contribution in [-0.2, 0) is 9.53 Å². The third-order valence-electron chi connectivity index (χ3n) is 2.76. The summed E-state index contributed by atoms with van der Waals surface area (Å²) < 4.78 is 5.25. The number of halogens is 2. The van der Waals surface area contributed by atoms with E-state index in [1.165, 1.54) is 7.11 Å². The predicted molar refractivity (Wildman–Crippen MR) is 81.3 cm³/mol. The van der Waals surface area contributed by atoms with Crippen LogP contribution in [0.3, 0.4) is 0 Å². The quantitative estimate of drug-likeness (QED) is 0.913. The second-order valence-electron chi connectivity index (χ2n) is 4.14. The molecule has 0 spiro atoms. The summed E-state index contributed by atoms with van der Waals surface area (Å²) in [6.07, 6.45) is -0.703. The van der Waals surface area contributed by atoms with E-state index in [1.807, 2.05) is 30.3 Å². The highest BCUT2D eigenvalue weighted by atomic mass is 35.5. The third-order valence-corrected chi connectivity index (χ3v) is 3.33. The number of hydrogen-bond acceptors (Lipinski definition) is 2. The molecule has 1 atom stereocenters. The van der Waals surface area contributed by atoms with Gasteiger partial charge in [0.15, 0.2) is 6.10 Å². The second kappa shape index (κ2) is 6.75. The fraction of sp³-hybridized carbons (Fsp3) is 0.133. The van der Waals surface area contributed by atoms with Crippen molar-refractivity contribution in [3.8, 4) is 0 Å². The van der Waals surface area contributed by atoms with E-state index in [2.05, 4.69) is 5.32 Å². The average molecular weight is 310 g/mol. The minimum absolute atomic E-state index is 0.303. The van der Waals surface area contributed by atoms with E-state index >= 15 is 0 Å². The van der Waals surface area contributed by atoms with Crippen LogP contribution >= 0.6 is 23.2 Å². The fourth-order valence-corrected chi connectivity index (χ4v) is 2.15. The summed E-state index contributed by atoms with van der Waals surface area (Å²) in [6, 6.07) is 14.1. The van der Waals surface area contributed by atoms with Gasteiger partial charge in [0.25, 0.3) is 5.91 Å². The first-order valence-corrected chi connectivity index (χ1v) is 6.71. The smallest absolute Gasteiger partial charge is 0.258 e. The maximum Gasteiger partial charge on any atom is 0.258 e. The Balaban J connectivity index is 2.20. The van der Waals surface area contributed by atoms with Crippen LogP contribution in [0.5, 0.6) is 0 Å². The molecule has 1 amide bonds. The Morgan fingerprint density at radius 2 is 1.85 bits per heavy atom. The van der Waals surface area contributed by atoms with Gasteiger partial charge in [-0.05, 0) is 23.8 Å². The average Bonchev–Trinajstić information content (AvgIpc) is 2.45. The van der Waals surface area contributed by atoms with Crippen molar-refractivity contribution in [2.45, 2.75) is 6.10 Å². The summed E-state index contributed by atoms with van der Waals surface area (Å²) in [6.45, 7) is 0. The number of ether oxygens (including phenoxy) is 1. The van der Waals surface area contributed by atoms with Gasteiger partial charge in [-0.25, -0.2) is 0 Å². The number of methoxy groups -OCH3 is 1. The molecule has 0 aliphatic heterocycles. The maximum absolute atomic E-state index is 12.3. The van der Waals surface area contributed by atoms with E-state index in [1.54, 1.807) is 18.2 Å². The summed E-state index contributed by atoms with van der Waals surface area (Å²) in [5, 5.41) is 3.64. The van der Waals surface area contributed by atoms with Crippen LogP contribution in [0.4, 0.5) is 5.69 Å². The van der Waals surface area contributed by atoms with Gasteiger partial charge in [0, 0.05) is 12.1 Å². The first-order valence-electron chi connectivity index (χ1n) is 5.95. The molecule has 0 saturated carbocycles. The number of carbonyl (C=O) groups is 1. The first kappa shape index (κ1) is 14.9. The van der Waals surface area contributed by atoms with Crippen molar-refractivity contribution < 1.29 is 9.53 Å². The zero-order valence-corrected chi connectivity index (χ0v) is 12.3. The zero-order valence-electron chi connectivity index (χ0n) is 10.8. The fourth-order valence-electron chi connectivity index (χ4n) is 1.81. The number of amides is 1. The van der Waals surface area contributed by atoms with Crippen LogP contribution < -0.4 is 5.32 Å². The van der Waals surface area contributed by atoms with Crippen molar-refractivity contribution in [2.75, 3.05) is 12.4 Å². The monoisotopic (exact) mass is 309 g/mol. The largest absolute Gasteiger partial charge is 0.367 e. The molecule has 104 valence electrons. The number of carbonyl (C=O) groups excluding carboxylic acids is 1. The van der Waals surface area contributed by atoms with E-state index < -0.39 is 6.10 Å². The van der Waals surface area contributed by atoms with Crippen LogP contribution in [0.15, 0.2) is 48.5 Å². The molecule has 0 aliphatic carbocycles. The summed E-state index contributed by atoms with van der Waals surface area (Å²) in [5.74, 6) is -0.303. The first-order chi connectivity index (χ1) is 9.61. The van der Waals surface area contributed by atoms with E-state index in [0.29, 0.717) is 15.7 Å². The van der Waals surface area contributed by atoms with E-state index in [0.717, 1.165) is 5.56 Å². The van der Waals surface area contributed by atoms with Gasteiger partial charge in [-0.3, -0.25) is 4.79 Å². The molecule has 20 heavy (non-hydrogen) atoms. The Kier molecular flexibility index (Phi) is 5.01. The third kappa shape index (κ3) is 3.51. The van der Waals surface area contributed by atoms with E-state index in [9.17, 15) is 4.79 Å². The van der Waals surface area contributed by atoms with Gasteiger partial charge in [-0.2, -0.15) is 0 Å². The zero-order chi connectivity index (χ0) is 14.5. The van der Waals surface area contributed by atoms with Gasteiger partial charge in [0.05, 0.1) is 10.7 Å². The molecule has 0 aromatic heterocycles. The molecule has 0 aliphatic rings. The van der Waals surface area contributed by atoms with Crippen molar-refractivity contribution >= 4 is 34.8 Å². The Bertz CT molecular complexity index is 602. The van der Waals surface area contributed by atoms with Crippen LogP contribution in [0.1, 0.15) is 11.7 Å². The number of benzene rings is 2. The van der Waals surface area contributed by atoms with Crippen molar-refractivity contribution in [2.24, 2.45) is 0 Å². The molecular formula is C15H13Cl2NO2. The molecule has 3 nitrogen and oxygen atoms in total. The molecule has 2 aromatic carbocycles. The van der Waals surface area contributed by atoms with Gasteiger partial charge in [-0.15, -0.1) is 0 Å². The standard InChI is InChI=1S/C15H13Cl2NO2/c1-20-14(10-5-3-2-4-6-10)15(19)18-13-9-11(16)7-8-12(13)17/h2-9,14H,1H3,(H,18,19). The highest BCUT2D eigenvalue weighted by Crippen LogP contribution is 2.27. The molecule has 1 N–H and O–H groups in total. The Morgan fingerprint density at radius 1 is 1.15 bits per heavy atom. The highest BCUT2D eigenvalue weighted by Gasteiger charge is 2.20. The van der Waals surface area contributed by atoms with Crippen molar-refractivity contribution in [3.63, 3.8) is 0 Å². The topological polar surface area (TPSA) is 38.3 Å². The van der Waals surface area contributed by atoms with E-state index in [-0.39, 0.29) is 5.91 Å². The molecule has 2 aromatic rings. The molecule has 0 fully saturated rings. The number of rotatable bonds is 4. The van der Waals surface area contributed by atoms with Crippen LogP contribution in [-0.4, -0.2) is 13.0 Å². The van der Waals surface area contributed by atoms with Crippen LogP contribution in [0.2, 0.25) is 10.0 Å². The minimum Gasteiger partial charge on any atom is -0.367 e. The molecule has 0 bridgehead atoms. The van der Waals surface area contributed by atoms with Crippen molar-refractivity contribution in [3.05, 3.63) is 64.1 Å². The van der Waals surface area contributed by atoms with Gasteiger partial charge in [0.2, 0.25) is 0 Å². The number of hydrogen-bond donors (Lipinski definition) is 1. The van der Waals surface area contributed by atoms with Crippen LogP contribution in [0.25, 0.3) is 0 Å². The Labute approximate surface area is 127 Å². The second-order valence-corrected chi connectivity index (χ2v) is 4.98. The lowest BCUT2D eigenvalue weighted by Gasteiger charge is -2.16. The predicted octanol–water partition coefficient (Wildman–Crippen LogP) is 4.32. The SMILES string of the molecule is COC(C(=O)Nc1cc(Cl)ccc1Cl)c1ccccc1. The normalized spacial score (nSPS) is 11.9. The molecular weight excluding hydrogens is 297 g/mol.